The van der Waals surface area contributed by atoms with E-state index in [2.05, 4.69) is 16.8 Å². The summed E-state index contributed by atoms with van der Waals surface area (Å²) in [5.41, 5.74) is 5.73. The zero-order valence-corrected chi connectivity index (χ0v) is 10.9. The topological polar surface area (TPSA) is 44.9 Å². The molecule has 0 aromatic carbocycles. The van der Waals surface area contributed by atoms with E-state index in [4.69, 9.17) is 5.73 Å². The number of nitrogens with zero attached hydrogens (tertiary/aromatic N) is 3. The number of nitrogens with two attached hydrogens (primary N) is 1. The lowest BCUT2D eigenvalue weighted by atomic mass is 10.0. The fourth-order valence-corrected chi connectivity index (χ4v) is 2.10. The number of hydrogen-bond acceptors (Lipinski definition) is 2. The van der Waals surface area contributed by atoms with E-state index in [1.54, 1.807) is 0 Å². The van der Waals surface area contributed by atoms with Gasteiger partial charge in [0.2, 0.25) is 0 Å². The highest BCUT2D eigenvalue weighted by Gasteiger charge is 2.16. The lowest BCUT2D eigenvalue weighted by Crippen LogP contribution is -2.38. The molecule has 1 fully saturated rings. The van der Waals surface area contributed by atoms with Gasteiger partial charge in [-0.15, -0.1) is 0 Å². The summed E-state index contributed by atoms with van der Waals surface area (Å²) in [5, 5.41) is 0. The van der Waals surface area contributed by atoms with Crippen LogP contribution in [0.4, 0.5) is 0 Å². The largest absolute Gasteiger partial charge is 0.370 e. The van der Waals surface area contributed by atoms with Gasteiger partial charge in [-0.05, 0) is 32.7 Å². The van der Waals surface area contributed by atoms with E-state index < -0.39 is 0 Å². The average Bonchev–Trinajstić information content (AvgIpc) is 2.26. The van der Waals surface area contributed by atoms with Crippen molar-refractivity contribution in [3.05, 3.63) is 0 Å². The molecule has 4 heteroatoms. The van der Waals surface area contributed by atoms with Crippen molar-refractivity contribution >= 4 is 5.96 Å². The van der Waals surface area contributed by atoms with Crippen molar-refractivity contribution in [2.75, 3.05) is 33.7 Å². The van der Waals surface area contributed by atoms with E-state index in [1.165, 1.54) is 25.8 Å². The van der Waals surface area contributed by atoms with Crippen LogP contribution in [0.1, 0.15) is 32.6 Å². The summed E-state index contributed by atoms with van der Waals surface area (Å²) in [6.07, 6.45) is 5.21. The maximum absolute atomic E-state index is 5.73. The number of rotatable bonds is 4. The Hall–Kier alpha value is -0.770. The Morgan fingerprint density at radius 1 is 1.44 bits per heavy atom. The predicted octanol–water partition coefficient (Wildman–Crippen LogP) is 1.13. The second kappa shape index (κ2) is 6.74. The number of piperidine rings is 1. The van der Waals surface area contributed by atoms with Crippen LogP contribution in [0.2, 0.25) is 0 Å². The second-order valence-electron chi connectivity index (χ2n) is 4.87. The Bertz CT molecular complexity index is 225. The first kappa shape index (κ1) is 13.3. The van der Waals surface area contributed by atoms with Crippen LogP contribution >= 0.6 is 0 Å². The van der Waals surface area contributed by atoms with Gasteiger partial charge in [0.05, 0.1) is 0 Å². The lowest BCUT2D eigenvalue weighted by molar-refractivity contribution is 0.160. The lowest BCUT2D eigenvalue weighted by Gasteiger charge is -2.33. The van der Waals surface area contributed by atoms with Gasteiger partial charge in [-0.25, -0.2) is 0 Å². The molecule has 1 atom stereocenters. The molecule has 1 rings (SSSR count). The van der Waals surface area contributed by atoms with Crippen LogP contribution < -0.4 is 5.73 Å². The summed E-state index contributed by atoms with van der Waals surface area (Å²) in [6.45, 7) is 5.59. The van der Waals surface area contributed by atoms with Gasteiger partial charge in [-0.1, -0.05) is 6.42 Å². The molecule has 0 aromatic rings. The number of likely N-dealkylation sites (tertiary alicyclic amines) is 1. The molecule has 16 heavy (non-hydrogen) atoms. The number of hydrogen-bond donors (Lipinski definition) is 1. The molecule has 1 aliphatic heterocycles. The van der Waals surface area contributed by atoms with Crippen LogP contribution in [0.3, 0.4) is 0 Å². The third-order valence-corrected chi connectivity index (χ3v) is 3.28. The summed E-state index contributed by atoms with van der Waals surface area (Å²) >= 11 is 0. The molecule has 94 valence electrons. The first-order chi connectivity index (χ1) is 7.61. The molecule has 0 aromatic heterocycles. The van der Waals surface area contributed by atoms with Crippen LogP contribution in [-0.2, 0) is 0 Å². The Labute approximate surface area is 99.5 Å². The molecular formula is C12H26N4. The molecule has 0 saturated carbocycles. The van der Waals surface area contributed by atoms with Gasteiger partial charge in [0.1, 0.15) is 0 Å². The molecule has 1 unspecified atom stereocenters. The second-order valence-corrected chi connectivity index (χ2v) is 4.87. The molecular weight excluding hydrogens is 200 g/mol. The van der Waals surface area contributed by atoms with Gasteiger partial charge in [0.25, 0.3) is 0 Å². The smallest absolute Gasteiger partial charge is 0.190 e. The third-order valence-electron chi connectivity index (χ3n) is 3.28. The Kier molecular flexibility index (Phi) is 5.60. The fraction of sp³-hybridized carbons (Fsp3) is 0.917. The molecule has 1 aliphatic rings. The van der Waals surface area contributed by atoms with Crippen molar-refractivity contribution in [3.8, 4) is 0 Å². The quantitative estimate of drug-likeness (QED) is 0.444. The van der Waals surface area contributed by atoms with Crippen LogP contribution in [0.5, 0.6) is 0 Å². The molecule has 1 heterocycles. The van der Waals surface area contributed by atoms with E-state index in [-0.39, 0.29) is 0 Å². The first-order valence-electron chi connectivity index (χ1n) is 6.32. The Morgan fingerprint density at radius 2 is 2.19 bits per heavy atom. The maximum Gasteiger partial charge on any atom is 0.190 e. The Balaban J connectivity index is 2.17. The van der Waals surface area contributed by atoms with Gasteiger partial charge >= 0.3 is 0 Å². The summed E-state index contributed by atoms with van der Waals surface area (Å²) in [5.74, 6) is 0.631. The summed E-state index contributed by atoms with van der Waals surface area (Å²) in [4.78, 5) is 8.75. The molecule has 0 aliphatic carbocycles. The van der Waals surface area contributed by atoms with Gasteiger partial charge < -0.3 is 15.5 Å². The molecule has 0 radical (unpaired) electrons. The molecule has 0 bridgehead atoms. The van der Waals surface area contributed by atoms with Crippen molar-refractivity contribution in [2.24, 2.45) is 10.7 Å². The van der Waals surface area contributed by atoms with Crippen LogP contribution in [0.25, 0.3) is 0 Å². The van der Waals surface area contributed by atoms with Crippen LogP contribution in [-0.4, -0.2) is 55.5 Å². The van der Waals surface area contributed by atoms with Crippen molar-refractivity contribution in [2.45, 2.75) is 38.6 Å². The number of guanidine groups is 1. The first-order valence-corrected chi connectivity index (χ1v) is 6.32. The highest BCUT2D eigenvalue weighted by atomic mass is 15.2. The summed E-state index contributed by atoms with van der Waals surface area (Å²) in [6, 6.07) is 0.754. The van der Waals surface area contributed by atoms with Gasteiger partial charge in [0, 0.05) is 33.2 Å². The third kappa shape index (κ3) is 4.39. The minimum Gasteiger partial charge on any atom is -0.370 e. The SMILES string of the molecule is CC1CCCCN1CCCN=C(N)N(C)C. The van der Waals surface area contributed by atoms with Crippen molar-refractivity contribution in [1.29, 1.82) is 0 Å². The fourth-order valence-electron chi connectivity index (χ4n) is 2.10. The van der Waals surface area contributed by atoms with E-state index >= 15 is 0 Å². The molecule has 0 amide bonds. The zero-order chi connectivity index (χ0) is 12.0. The monoisotopic (exact) mass is 226 g/mol. The molecule has 2 N–H and O–H groups in total. The standard InChI is InChI=1S/C12H26N4/c1-11-7-4-5-9-16(11)10-6-8-14-12(13)15(2)3/h11H,4-10H2,1-3H3,(H2,13,14). The van der Waals surface area contributed by atoms with Gasteiger partial charge in [0.15, 0.2) is 5.96 Å². The maximum atomic E-state index is 5.73. The number of aliphatic imine (C=N–C) groups is 1. The zero-order valence-electron chi connectivity index (χ0n) is 10.9. The van der Waals surface area contributed by atoms with Crippen molar-refractivity contribution in [1.82, 2.24) is 9.80 Å². The molecule has 4 nitrogen and oxygen atoms in total. The van der Waals surface area contributed by atoms with E-state index in [1.807, 2.05) is 19.0 Å². The van der Waals surface area contributed by atoms with Crippen LogP contribution in [0, 0.1) is 0 Å². The minimum absolute atomic E-state index is 0.631. The minimum atomic E-state index is 0.631. The van der Waals surface area contributed by atoms with Crippen molar-refractivity contribution in [3.63, 3.8) is 0 Å². The van der Waals surface area contributed by atoms with Crippen LogP contribution in [0.15, 0.2) is 4.99 Å². The molecule has 1 saturated heterocycles. The van der Waals surface area contributed by atoms with Gasteiger partial charge in [-0.3, -0.25) is 4.99 Å². The predicted molar refractivity (Wildman–Crippen MR) is 69.7 cm³/mol. The highest BCUT2D eigenvalue weighted by molar-refractivity contribution is 5.77. The summed E-state index contributed by atoms with van der Waals surface area (Å²) < 4.78 is 0. The van der Waals surface area contributed by atoms with E-state index in [0.717, 1.165) is 25.6 Å². The summed E-state index contributed by atoms with van der Waals surface area (Å²) in [7, 11) is 3.84. The molecule has 0 spiro atoms. The van der Waals surface area contributed by atoms with E-state index in [9.17, 15) is 0 Å². The normalized spacial score (nSPS) is 23.4. The Morgan fingerprint density at radius 3 is 2.81 bits per heavy atom. The van der Waals surface area contributed by atoms with Crippen molar-refractivity contribution < 1.29 is 0 Å². The van der Waals surface area contributed by atoms with E-state index in [0.29, 0.717) is 5.96 Å². The highest BCUT2D eigenvalue weighted by Crippen LogP contribution is 2.16. The van der Waals surface area contributed by atoms with Gasteiger partial charge in [-0.2, -0.15) is 0 Å². The average molecular weight is 226 g/mol.